The van der Waals surface area contributed by atoms with Crippen molar-refractivity contribution < 1.29 is 14.3 Å². The molecule has 0 amide bonds. The summed E-state index contributed by atoms with van der Waals surface area (Å²) in [6, 6.07) is 2.76. The maximum atomic E-state index is 13.2. The van der Waals surface area contributed by atoms with E-state index < -0.39 is 17.2 Å². The number of hydrogen-bond acceptors (Lipinski definition) is 1. The molecule has 2 rings (SSSR count). The van der Waals surface area contributed by atoms with Crippen LogP contribution in [0, 0.1) is 12.7 Å². The number of aryl methyl sites for hydroxylation is 1. The second kappa shape index (κ2) is 3.74. The minimum Gasteiger partial charge on any atom is -0.481 e. The lowest BCUT2D eigenvalue weighted by Gasteiger charge is -2.39. The summed E-state index contributed by atoms with van der Waals surface area (Å²) in [5.41, 5.74) is 0.461. The van der Waals surface area contributed by atoms with Crippen LogP contribution in [0.15, 0.2) is 12.1 Å². The van der Waals surface area contributed by atoms with Crippen molar-refractivity contribution in [3.8, 4) is 0 Å². The molecule has 86 valence electrons. The Morgan fingerprint density at radius 2 is 2.12 bits per heavy atom. The summed E-state index contributed by atoms with van der Waals surface area (Å²) in [5.74, 6) is -1.34. The molecular formula is C12H12ClFO2. The average Bonchev–Trinajstić information content (AvgIpc) is 2.11. The van der Waals surface area contributed by atoms with Gasteiger partial charge in [0.05, 0.1) is 10.4 Å². The molecule has 4 heteroatoms. The highest BCUT2D eigenvalue weighted by molar-refractivity contribution is 6.30. The Labute approximate surface area is 98.0 Å². The molecule has 1 saturated carbocycles. The van der Waals surface area contributed by atoms with Gasteiger partial charge in [0.2, 0.25) is 0 Å². The van der Waals surface area contributed by atoms with Gasteiger partial charge in [-0.05, 0) is 43.0 Å². The maximum Gasteiger partial charge on any atom is 0.314 e. The monoisotopic (exact) mass is 242 g/mol. The maximum absolute atomic E-state index is 13.2. The molecule has 0 aromatic heterocycles. The summed E-state index contributed by atoms with van der Waals surface area (Å²) >= 11 is 5.71. The third-order valence-electron chi connectivity index (χ3n) is 3.40. The lowest BCUT2D eigenvalue weighted by molar-refractivity contribution is -0.147. The van der Waals surface area contributed by atoms with Crippen LogP contribution in [-0.2, 0) is 10.2 Å². The van der Waals surface area contributed by atoms with Crippen molar-refractivity contribution in [1.29, 1.82) is 0 Å². The van der Waals surface area contributed by atoms with Gasteiger partial charge in [-0.15, -0.1) is 0 Å². The fraction of sp³-hybridized carbons (Fsp3) is 0.417. The van der Waals surface area contributed by atoms with E-state index in [1.165, 1.54) is 12.1 Å². The summed E-state index contributed by atoms with van der Waals surface area (Å²) in [5, 5.41) is 9.28. The van der Waals surface area contributed by atoms with Crippen molar-refractivity contribution in [3.05, 3.63) is 34.1 Å². The summed E-state index contributed by atoms with van der Waals surface area (Å²) in [7, 11) is 0. The van der Waals surface area contributed by atoms with Crippen LogP contribution in [0.5, 0.6) is 0 Å². The molecule has 16 heavy (non-hydrogen) atoms. The van der Waals surface area contributed by atoms with Gasteiger partial charge in [0.25, 0.3) is 0 Å². The fourth-order valence-electron chi connectivity index (χ4n) is 2.29. The number of aliphatic carboxylic acids is 1. The second-order valence-corrected chi connectivity index (χ2v) is 4.73. The largest absolute Gasteiger partial charge is 0.481 e. The van der Waals surface area contributed by atoms with Crippen molar-refractivity contribution in [3.63, 3.8) is 0 Å². The van der Waals surface area contributed by atoms with Crippen molar-refractivity contribution in [2.24, 2.45) is 0 Å². The Morgan fingerprint density at radius 3 is 2.56 bits per heavy atom. The van der Waals surface area contributed by atoms with Gasteiger partial charge in [-0.1, -0.05) is 18.0 Å². The summed E-state index contributed by atoms with van der Waals surface area (Å²) in [6.45, 7) is 1.72. The van der Waals surface area contributed by atoms with Crippen LogP contribution >= 0.6 is 11.6 Å². The van der Waals surface area contributed by atoms with Gasteiger partial charge < -0.3 is 5.11 Å². The van der Waals surface area contributed by atoms with E-state index in [2.05, 4.69) is 0 Å². The van der Waals surface area contributed by atoms with Gasteiger partial charge >= 0.3 is 5.97 Å². The number of carboxylic acids is 1. The number of carbonyl (C=O) groups is 1. The first-order valence-corrected chi connectivity index (χ1v) is 5.55. The Hall–Kier alpha value is -1.09. The van der Waals surface area contributed by atoms with E-state index >= 15 is 0 Å². The summed E-state index contributed by atoms with van der Waals surface area (Å²) in [4.78, 5) is 11.3. The molecule has 1 aliphatic rings. The normalized spacial score (nSPS) is 17.9. The Bertz CT molecular complexity index is 453. The van der Waals surface area contributed by atoms with Gasteiger partial charge in [-0.3, -0.25) is 4.79 Å². The Kier molecular flexibility index (Phi) is 2.66. The average molecular weight is 243 g/mol. The zero-order valence-electron chi connectivity index (χ0n) is 8.89. The van der Waals surface area contributed by atoms with E-state index in [0.717, 1.165) is 6.42 Å². The van der Waals surface area contributed by atoms with E-state index in [1.807, 2.05) is 0 Å². The van der Waals surface area contributed by atoms with Crippen LogP contribution in [0.1, 0.15) is 30.4 Å². The van der Waals surface area contributed by atoms with Crippen LogP contribution in [0.4, 0.5) is 4.39 Å². The Balaban J connectivity index is 2.55. The molecule has 0 aliphatic heterocycles. The molecule has 0 saturated heterocycles. The zero-order valence-corrected chi connectivity index (χ0v) is 9.64. The minimum absolute atomic E-state index is 0.00637. The lowest BCUT2D eigenvalue weighted by Crippen LogP contribution is -2.42. The highest BCUT2D eigenvalue weighted by Crippen LogP contribution is 2.46. The second-order valence-electron chi connectivity index (χ2n) is 4.32. The molecule has 1 aromatic carbocycles. The Morgan fingerprint density at radius 1 is 1.50 bits per heavy atom. The molecule has 1 aromatic rings. The molecule has 1 N–H and O–H groups in total. The van der Waals surface area contributed by atoms with E-state index in [-0.39, 0.29) is 5.02 Å². The molecule has 1 aliphatic carbocycles. The topological polar surface area (TPSA) is 37.3 Å². The standard InChI is InChI=1S/C12H12ClFO2/c1-7-5-10(14)9(13)6-8(7)12(11(15)16)3-2-4-12/h5-6H,2-4H2,1H3,(H,15,16). The van der Waals surface area contributed by atoms with Crippen LogP contribution < -0.4 is 0 Å². The fourth-order valence-corrected chi connectivity index (χ4v) is 2.45. The van der Waals surface area contributed by atoms with Gasteiger partial charge in [0.1, 0.15) is 5.82 Å². The zero-order chi connectivity index (χ0) is 11.9. The molecule has 0 bridgehead atoms. The molecule has 0 heterocycles. The molecule has 0 radical (unpaired) electrons. The van der Waals surface area contributed by atoms with E-state index in [1.54, 1.807) is 6.92 Å². The first kappa shape index (κ1) is 11.4. The number of carboxylic acid groups (broad SMARTS) is 1. The van der Waals surface area contributed by atoms with E-state index in [9.17, 15) is 14.3 Å². The number of hydrogen-bond donors (Lipinski definition) is 1. The third-order valence-corrected chi connectivity index (χ3v) is 3.69. The van der Waals surface area contributed by atoms with E-state index in [0.29, 0.717) is 24.0 Å². The summed E-state index contributed by atoms with van der Waals surface area (Å²) < 4.78 is 13.2. The number of benzene rings is 1. The van der Waals surface area contributed by atoms with Crippen molar-refractivity contribution in [2.75, 3.05) is 0 Å². The van der Waals surface area contributed by atoms with Gasteiger partial charge in [-0.25, -0.2) is 4.39 Å². The van der Waals surface area contributed by atoms with Gasteiger partial charge in [0.15, 0.2) is 0 Å². The van der Waals surface area contributed by atoms with Crippen molar-refractivity contribution >= 4 is 17.6 Å². The van der Waals surface area contributed by atoms with Gasteiger partial charge in [0, 0.05) is 0 Å². The van der Waals surface area contributed by atoms with Crippen LogP contribution in [0.25, 0.3) is 0 Å². The highest BCUT2D eigenvalue weighted by atomic mass is 35.5. The lowest BCUT2D eigenvalue weighted by atomic mass is 9.63. The minimum atomic E-state index is -0.846. The van der Waals surface area contributed by atoms with Crippen molar-refractivity contribution in [1.82, 2.24) is 0 Å². The van der Waals surface area contributed by atoms with Crippen LogP contribution in [-0.4, -0.2) is 11.1 Å². The molecule has 0 unspecified atom stereocenters. The highest BCUT2D eigenvalue weighted by Gasteiger charge is 2.46. The third kappa shape index (κ3) is 1.50. The predicted octanol–water partition coefficient (Wildman–Crippen LogP) is 3.29. The van der Waals surface area contributed by atoms with Crippen molar-refractivity contribution in [2.45, 2.75) is 31.6 Å². The van der Waals surface area contributed by atoms with Crippen LogP contribution in [0.2, 0.25) is 5.02 Å². The van der Waals surface area contributed by atoms with E-state index in [4.69, 9.17) is 11.6 Å². The molecule has 2 nitrogen and oxygen atoms in total. The van der Waals surface area contributed by atoms with Crippen LogP contribution in [0.3, 0.4) is 0 Å². The first-order chi connectivity index (χ1) is 7.47. The van der Waals surface area contributed by atoms with Gasteiger partial charge in [-0.2, -0.15) is 0 Å². The smallest absolute Gasteiger partial charge is 0.314 e. The number of rotatable bonds is 2. The number of halogens is 2. The molecule has 0 atom stereocenters. The quantitative estimate of drug-likeness (QED) is 0.864. The molecule has 1 fully saturated rings. The first-order valence-electron chi connectivity index (χ1n) is 5.17. The molecule has 0 spiro atoms. The summed E-state index contributed by atoms with van der Waals surface area (Å²) in [6.07, 6.45) is 2.09. The SMILES string of the molecule is Cc1cc(F)c(Cl)cc1C1(C(=O)O)CCC1. The predicted molar refractivity (Wildman–Crippen MR) is 59.3 cm³/mol. The molecular weight excluding hydrogens is 231 g/mol.